The number of nitrogens with one attached hydrogen (secondary N) is 1. The van der Waals surface area contributed by atoms with E-state index in [1.165, 1.54) is 14.0 Å². The molecule has 1 N–H and O–H groups in total. The van der Waals surface area contributed by atoms with Gasteiger partial charge >= 0.3 is 0 Å². The van der Waals surface area contributed by atoms with Gasteiger partial charge in [0, 0.05) is 37.5 Å². The Balaban J connectivity index is 1.42. The Morgan fingerprint density at radius 1 is 0.919 bits per heavy atom. The minimum Gasteiger partial charge on any atom is -0.497 e. The number of amides is 2. The number of benzene rings is 3. The first-order chi connectivity index (χ1) is 17.6. The number of hydrogen-bond acceptors (Lipinski definition) is 6. The Kier molecular flexibility index (Phi) is 7.35. The van der Waals surface area contributed by atoms with Crippen molar-refractivity contribution < 1.29 is 22.7 Å². The van der Waals surface area contributed by atoms with Gasteiger partial charge in [0.05, 0.1) is 13.7 Å². The van der Waals surface area contributed by atoms with Crippen molar-refractivity contribution in [2.75, 3.05) is 26.1 Å². The maximum Gasteiger partial charge on any atom is 0.268 e. The van der Waals surface area contributed by atoms with E-state index < -0.39 is 15.9 Å². The Morgan fingerprint density at radius 2 is 1.51 bits per heavy atom. The first-order valence-electron chi connectivity index (χ1n) is 11.7. The first-order valence-corrected chi connectivity index (χ1v) is 13.1. The first kappa shape index (κ1) is 26.0. The van der Waals surface area contributed by atoms with Gasteiger partial charge in [-0.3, -0.25) is 9.59 Å². The van der Waals surface area contributed by atoms with Gasteiger partial charge in [-0.05, 0) is 72.1 Å². The van der Waals surface area contributed by atoms with E-state index in [1.807, 2.05) is 43.3 Å². The van der Waals surface area contributed by atoms with Crippen LogP contribution in [-0.2, 0) is 27.9 Å². The molecule has 0 bridgehead atoms. The highest BCUT2D eigenvalue weighted by molar-refractivity contribution is 7.99. The van der Waals surface area contributed by atoms with E-state index in [9.17, 15) is 18.0 Å². The molecule has 0 radical (unpaired) electrons. The number of rotatable bonds is 8. The minimum atomic E-state index is -4.03. The summed E-state index contributed by atoms with van der Waals surface area (Å²) in [4.78, 5) is 27.5. The third-order valence-electron chi connectivity index (χ3n) is 6.24. The van der Waals surface area contributed by atoms with Gasteiger partial charge in [-0.15, -0.1) is 0 Å². The minimum absolute atomic E-state index is 0.00485. The topological polar surface area (TPSA) is 96.0 Å². The summed E-state index contributed by atoms with van der Waals surface area (Å²) in [5.74, 6) is -0.215. The summed E-state index contributed by atoms with van der Waals surface area (Å²) in [6, 6.07) is 21.0. The van der Waals surface area contributed by atoms with Crippen LogP contribution in [0.3, 0.4) is 0 Å². The quantitative estimate of drug-likeness (QED) is 0.487. The highest BCUT2D eigenvalue weighted by Crippen LogP contribution is 2.37. The molecule has 0 aliphatic carbocycles. The standard InChI is InChI=1S/C28H29N3O5S/c1-19-26(22-11-15-25(36-4)16-12-22)37(34,35)31(28(19)33)18-21-5-9-23(10-6-21)27(32)29-17-20-7-13-24(14-8-20)30(2)3/h5-16H,17-18H2,1-4H3,(H,29,32). The predicted octanol–water partition coefficient (Wildman–Crippen LogP) is 3.79. The average Bonchev–Trinajstić information content (AvgIpc) is 3.06. The monoisotopic (exact) mass is 519 g/mol. The van der Waals surface area contributed by atoms with Crippen LogP contribution in [-0.4, -0.2) is 45.7 Å². The van der Waals surface area contributed by atoms with Gasteiger partial charge in [0.15, 0.2) is 0 Å². The van der Waals surface area contributed by atoms with E-state index >= 15 is 0 Å². The SMILES string of the molecule is COc1ccc(C2=C(C)C(=O)N(Cc3ccc(C(=O)NCc4ccc(N(C)C)cc4)cc3)S2(=O)=O)cc1. The van der Waals surface area contributed by atoms with Gasteiger partial charge in [-0.1, -0.05) is 24.3 Å². The van der Waals surface area contributed by atoms with Crippen molar-refractivity contribution in [3.05, 3.63) is 101 Å². The van der Waals surface area contributed by atoms with Crippen molar-refractivity contribution in [3.8, 4) is 5.75 Å². The second-order valence-electron chi connectivity index (χ2n) is 8.94. The van der Waals surface area contributed by atoms with Crippen LogP contribution < -0.4 is 15.0 Å². The molecule has 192 valence electrons. The van der Waals surface area contributed by atoms with Crippen molar-refractivity contribution >= 4 is 32.4 Å². The van der Waals surface area contributed by atoms with Crippen LogP contribution in [0.1, 0.15) is 34.0 Å². The Bertz CT molecular complexity index is 1440. The summed E-state index contributed by atoms with van der Waals surface area (Å²) in [6.45, 7) is 1.77. The lowest BCUT2D eigenvalue weighted by atomic mass is 10.1. The fourth-order valence-electron chi connectivity index (χ4n) is 4.09. The van der Waals surface area contributed by atoms with Crippen molar-refractivity contribution in [3.63, 3.8) is 0 Å². The smallest absolute Gasteiger partial charge is 0.268 e. The van der Waals surface area contributed by atoms with Crippen LogP contribution in [0.15, 0.2) is 78.4 Å². The summed E-state index contributed by atoms with van der Waals surface area (Å²) in [5.41, 5.74) is 3.68. The molecule has 37 heavy (non-hydrogen) atoms. The van der Waals surface area contributed by atoms with Crippen LogP contribution in [0.4, 0.5) is 5.69 Å². The average molecular weight is 520 g/mol. The van der Waals surface area contributed by atoms with Gasteiger partial charge in [0.1, 0.15) is 10.7 Å². The van der Waals surface area contributed by atoms with Crippen molar-refractivity contribution in [2.24, 2.45) is 0 Å². The van der Waals surface area contributed by atoms with Crippen LogP contribution >= 0.6 is 0 Å². The van der Waals surface area contributed by atoms with E-state index in [-0.39, 0.29) is 22.9 Å². The number of ether oxygens (including phenoxy) is 1. The van der Waals surface area contributed by atoms with Gasteiger partial charge in [-0.2, -0.15) is 0 Å². The van der Waals surface area contributed by atoms with Crippen molar-refractivity contribution in [2.45, 2.75) is 20.0 Å². The Labute approximate surface area is 217 Å². The fraction of sp³-hybridized carbons (Fsp3) is 0.214. The van der Waals surface area contributed by atoms with E-state index in [0.29, 0.717) is 29.0 Å². The van der Waals surface area contributed by atoms with Crippen molar-refractivity contribution in [1.29, 1.82) is 0 Å². The molecule has 0 fully saturated rings. The molecule has 0 spiro atoms. The molecule has 3 aromatic carbocycles. The second kappa shape index (κ2) is 10.5. The van der Waals surface area contributed by atoms with Crippen molar-refractivity contribution in [1.82, 2.24) is 9.62 Å². The van der Waals surface area contributed by atoms with E-state index in [0.717, 1.165) is 15.6 Å². The molecule has 9 heteroatoms. The fourth-order valence-corrected chi connectivity index (χ4v) is 5.89. The molecular weight excluding hydrogens is 490 g/mol. The molecule has 0 saturated heterocycles. The maximum atomic E-state index is 13.3. The highest BCUT2D eigenvalue weighted by atomic mass is 32.2. The number of methoxy groups -OCH3 is 1. The molecule has 4 rings (SSSR count). The highest BCUT2D eigenvalue weighted by Gasteiger charge is 2.42. The largest absolute Gasteiger partial charge is 0.497 e. The summed E-state index contributed by atoms with van der Waals surface area (Å²) in [7, 11) is 1.42. The molecule has 0 atom stereocenters. The van der Waals surface area contributed by atoms with Crippen LogP contribution in [0.25, 0.3) is 4.91 Å². The zero-order valence-corrected chi connectivity index (χ0v) is 22.0. The number of nitrogens with zero attached hydrogens (tertiary/aromatic N) is 2. The summed E-state index contributed by atoms with van der Waals surface area (Å²) >= 11 is 0. The van der Waals surface area contributed by atoms with Crippen LogP contribution in [0, 0.1) is 0 Å². The molecule has 0 unspecified atom stereocenters. The molecule has 2 amide bonds. The number of carbonyl (C=O) groups excluding carboxylic acids is 2. The lowest BCUT2D eigenvalue weighted by Crippen LogP contribution is -2.31. The lowest BCUT2D eigenvalue weighted by molar-refractivity contribution is -0.122. The van der Waals surface area contributed by atoms with Crippen LogP contribution in [0.2, 0.25) is 0 Å². The molecule has 0 aromatic heterocycles. The second-order valence-corrected chi connectivity index (χ2v) is 10.7. The maximum absolute atomic E-state index is 13.3. The molecule has 1 aliphatic rings. The number of hydrogen-bond donors (Lipinski definition) is 1. The summed E-state index contributed by atoms with van der Waals surface area (Å²) < 4.78 is 32.6. The lowest BCUT2D eigenvalue weighted by Gasteiger charge is -2.17. The summed E-state index contributed by atoms with van der Waals surface area (Å²) in [5, 5.41) is 2.89. The number of sulfonamides is 1. The normalized spacial score (nSPS) is 14.6. The number of anilines is 1. The number of carbonyl (C=O) groups is 2. The van der Waals surface area contributed by atoms with E-state index in [1.54, 1.807) is 48.5 Å². The predicted molar refractivity (Wildman–Crippen MR) is 143 cm³/mol. The molecular formula is C28H29N3O5S. The van der Waals surface area contributed by atoms with Gasteiger partial charge in [-0.25, -0.2) is 12.7 Å². The third kappa shape index (κ3) is 5.36. The summed E-state index contributed by atoms with van der Waals surface area (Å²) in [6.07, 6.45) is 0. The van der Waals surface area contributed by atoms with E-state index in [4.69, 9.17) is 4.74 Å². The van der Waals surface area contributed by atoms with Gasteiger partial charge in [0.2, 0.25) is 0 Å². The van der Waals surface area contributed by atoms with Gasteiger partial charge in [0.25, 0.3) is 21.8 Å². The third-order valence-corrected chi connectivity index (χ3v) is 8.17. The van der Waals surface area contributed by atoms with Gasteiger partial charge < -0.3 is 15.0 Å². The zero-order chi connectivity index (χ0) is 26.7. The molecule has 8 nitrogen and oxygen atoms in total. The molecule has 3 aromatic rings. The van der Waals surface area contributed by atoms with E-state index in [2.05, 4.69) is 5.32 Å². The molecule has 1 aliphatic heterocycles. The Morgan fingerprint density at radius 3 is 2.08 bits per heavy atom. The molecule has 0 saturated carbocycles. The Hall–Kier alpha value is -4.11. The zero-order valence-electron chi connectivity index (χ0n) is 21.2. The molecule has 1 heterocycles. The van der Waals surface area contributed by atoms with Crippen LogP contribution in [0.5, 0.6) is 5.75 Å².